The third-order valence-electron chi connectivity index (χ3n) is 5.13. The molecule has 5 nitrogen and oxygen atoms in total. The largest absolute Gasteiger partial charge is 0.310 e. The summed E-state index contributed by atoms with van der Waals surface area (Å²) in [4.78, 5) is 15.7. The molecule has 0 radical (unpaired) electrons. The van der Waals surface area contributed by atoms with Crippen molar-refractivity contribution in [2.24, 2.45) is 5.92 Å². The number of rotatable bonds is 5. The number of para-hydroxylation sites is 1. The fourth-order valence-electron chi connectivity index (χ4n) is 3.48. The molecule has 0 saturated heterocycles. The molecular weight excluding hydrogens is 392 g/mol. The fraction of sp³-hybridized carbons (Fsp3) is 0.381. The maximum atomic E-state index is 13.0. The number of carbonyl (C=O) groups is 1. The van der Waals surface area contributed by atoms with Crippen LogP contribution in [0.15, 0.2) is 52.3 Å². The second kappa shape index (κ2) is 7.44. The van der Waals surface area contributed by atoms with E-state index in [0.29, 0.717) is 17.9 Å². The first-order chi connectivity index (χ1) is 13.4. The summed E-state index contributed by atoms with van der Waals surface area (Å²) in [6, 6.07) is 12.5. The van der Waals surface area contributed by atoms with E-state index in [1.54, 1.807) is 34.9 Å². The van der Waals surface area contributed by atoms with Crippen LogP contribution in [0.3, 0.4) is 0 Å². The summed E-state index contributed by atoms with van der Waals surface area (Å²) < 4.78 is 28.8. The lowest BCUT2D eigenvalue weighted by atomic mass is 10.1. The maximum absolute atomic E-state index is 13.0. The number of anilines is 2. The minimum Gasteiger partial charge on any atom is -0.310 e. The maximum Gasteiger partial charge on any atom is 0.261 e. The van der Waals surface area contributed by atoms with Gasteiger partial charge in [-0.2, -0.15) is 0 Å². The van der Waals surface area contributed by atoms with Crippen molar-refractivity contribution in [3.05, 3.63) is 48.0 Å². The highest BCUT2D eigenvalue weighted by Crippen LogP contribution is 2.42. The van der Waals surface area contributed by atoms with E-state index in [1.165, 1.54) is 0 Å². The topological polar surface area (TPSA) is 66.5 Å². The van der Waals surface area contributed by atoms with Crippen LogP contribution in [-0.4, -0.2) is 26.1 Å². The van der Waals surface area contributed by atoms with Gasteiger partial charge in [0.15, 0.2) is 0 Å². The number of nitrogens with zero attached hydrogens (tertiary/aromatic N) is 1. The van der Waals surface area contributed by atoms with Gasteiger partial charge in [0.25, 0.3) is 10.0 Å². The van der Waals surface area contributed by atoms with Gasteiger partial charge in [0.2, 0.25) is 5.91 Å². The summed E-state index contributed by atoms with van der Waals surface area (Å²) >= 11 is 1.69. The molecule has 0 spiro atoms. The highest BCUT2D eigenvalue weighted by Gasteiger charge is 2.37. The van der Waals surface area contributed by atoms with Gasteiger partial charge >= 0.3 is 0 Å². The number of aryl methyl sites for hydroxylation is 1. The molecular formula is C21H24N2O3S2. The Hall–Kier alpha value is -1.99. The van der Waals surface area contributed by atoms with Gasteiger partial charge < -0.3 is 4.90 Å². The lowest BCUT2D eigenvalue weighted by molar-refractivity contribution is -0.119. The average molecular weight is 417 g/mol. The molecule has 0 bridgehead atoms. The molecule has 2 aromatic carbocycles. The highest BCUT2D eigenvalue weighted by atomic mass is 32.2. The Morgan fingerprint density at radius 3 is 2.68 bits per heavy atom. The monoisotopic (exact) mass is 416 g/mol. The number of hydrogen-bond acceptors (Lipinski definition) is 4. The van der Waals surface area contributed by atoms with E-state index in [4.69, 9.17) is 0 Å². The number of thioether (sulfide) groups is 1. The average Bonchev–Trinajstić information content (AvgIpc) is 3.51. The Kier molecular flexibility index (Phi) is 5.14. The van der Waals surface area contributed by atoms with Gasteiger partial charge in [0.1, 0.15) is 0 Å². The van der Waals surface area contributed by atoms with Gasteiger partial charge in [0.05, 0.1) is 16.3 Å². The van der Waals surface area contributed by atoms with Crippen molar-refractivity contribution < 1.29 is 13.2 Å². The van der Waals surface area contributed by atoms with E-state index in [1.807, 2.05) is 31.2 Å². The normalized spacial score (nSPS) is 19.2. The first-order valence-corrected chi connectivity index (χ1v) is 12.0. The van der Waals surface area contributed by atoms with E-state index in [9.17, 15) is 13.2 Å². The Labute approximate surface area is 170 Å². The molecule has 1 unspecified atom stereocenters. The summed E-state index contributed by atoms with van der Waals surface area (Å²) in [5.41, 5.74) is 2.25. The summed E-state index contributed by atoms with van der Waals surface area (Å²) in [7, 11) is -3.74. The van der Waals surface area contributed by atoms with E-state index in [2.05, 4.69) is 11.6 Å². The van der Waals surface area contributed by atoms with Crippen LogP contribution in [0.2, 0.25) is 0 Å². The number of fused-ring (bicyclic) bond motifs is 1. The fourth-order valence-corrected chi connectivity index (χ4v) is 5.69. The van der Waals surface area contributed by atoms with Gasteiger partial charge in [0, 0.05) is 22.6 Å². The third kappa shape index (κ3) is 3.78. The van der Waals surface area contributed by atoms with E-state index < -0.39 is 10.0 Å². The first kappa shape index (κ1) is 19.3. The Morgan fingerprint density at radius 1 is 1.21 bits per heavy atom. The second-order valence-electron chi connectivity index (χ2n) is 7.40. The molecule has 1 atom stereocenters. The van der Waals surface area contributed by atoms with Crippen LogP contribution in [0.1, 0.15) is 32.3 Å². The number of nitrogens with one attached hydrogen (secondary N) is 1. The summed E-state index contributed by atoms with van der Waals surface area (Å²) in [5, 5.41) is 0.284. The minimum absolute atomic E-state index is 0.0953. The SMILES string of the molecule is CCc1ccccc1NS(=O)(=O)c1ccc2c(c1)N(C(=O)C1CC1)CC(C)S2. The molecule has 28 heavy (non-hydrogen) atoms. The van der Waals surface area contributed by atoms with Crippen LogP contribution in [-0.2, 0) is 21.2 Å². The van der Waals surface area contributed by atoms with Crippen LogP contribution in [0, 0.1) is 5.92 Å². The van der Waals surface area contributed by atoms with Crippen molar-refractivity contribution in [2.45, 2.75) is 48.2 Å². The van der Waals surface area contributed by atoms with Gasteiger partial charge in [-0.25, -0.2) is 8.42 Å². The van der Waals surface area contributed by atoms with Gasteiger partial charge in [-0.1, -0.05) is 32.0 Å². The zero-order chi connectivity index (χ0) is 19.9. The molecule has 1 saturated carbocycles. The van der Waals surface area contributed by atoms with Crippen LogP contribution in [0.25, 0.3) is 0 Å². The second-order valence-corrected chi connectivity index (χ2v) is 10.6. The lowest BCUT2D eigenvalue weighted by Gasteiger charge is -2.33. The number of carbonyl (C=O) groups excluding carboxylic acids is 1. The van der Waals surface area contributed by atoms with Crippen molar-refractivity contribution in [3.8, 4) is 0 Å². The van der Waals surface area contributed by atoms with Crippen LogP contribution in [0.5, 0.6) is 0 Å². The molecule has 1 N–H and O–H groups in total. The molecule has 1 aliphatic heterocycles. The van der Waals surface area contributed by atoms with Crippen molar-refractivity contribution in [3.63, 3.8) is 0 Å². The lowest BCUT2D eigenvalue weighted by Crippen LogP contribution is -2.39. The van der Waals surface area contributed by atoms with Gasteiger partial charge in [-0.15, -0.1) is 11.8 Å². The molecule has 1 aliphatic carbocycles. The zero-order valence-electron chi connectivity index (χ0n) is 16.0. The van der Waals surface area contributed by atoms with E-state index in [-0.39, 0.29) is 22.0 Å². The molecule has 1 fully saturated rings. The molecule has 1 heterocycles. The van der Waals surface area contributed by atoms with Gasteiger partial charge in [-0.05, 0) is 49.1 Å². The van der Waals surface area contributed by atoms with Crippen molar-refractivity contribution in [2.75, 3.05) is 16.2 Å². The van der Waals surface area contributed by atoms with Crippen LogP contribution >= 0.6 is 11.8 Å². The molecule has 1 amide bonds. The highest BCUT2D eigenvalue weighted by molar-refractivity contribution is 8.00. The van der Waals surface area contributed by atoms with Crippen LogP contribution in [0.4, 0.5) is 11.4 Å². The molecule has 148 valence electrons. The third-order valence-corrected chi connectivity index (χ3v) is 7.65. The van der Waals surface area contributed by atoms with Crippen molar-refractivity contribution >= 4 is 39.1 Å². The predicted molar refractivity (Wildman–Crippen MR) is 113 cm³/mol. The van der Waals surface area contributed by atoms with Crippen molar-refractivity contribution in [1.29, 1.82) is 0 Å². The predicted octanol–water partition coefficient (Wildman–Crippen LogP) is 4.29. The molecule has 2 aromatic rings. The Bertz CT molecular complexity index is 1020. The molecule has 2 aliphatic rings. The van der Waals surface area contributed by atoms with E-state index in [0.717, 1.165) is 29.7 Å². The van der Waals surface area contributed by atoms with Gasteiger partial charge in [-0.3, -0.25) is 9.52 Å². The first-order valence-electron chi connectivity index (χ1n) is 9.62. The quantitative estimate of drug-likeness (QED) is 0.790. The van der Waals surface area contributed by atoms with E-state index >= 15 is 0 Å². The molecule has 0 aromatic heterocycles. The Morgan fingerprint density at radius 2 is 1.96 bits per heavy atom. The number of sulfonamides is 1. The zero-order valence-corrected chi connectivity index (χ0v) is 17.6. The molecule has 7 heteroatoms. The van der Waals surface area contributed by atoms with Crippen LogP contribution < -0.4 is 9.62 Å². The van der Waals surface area contributed by atoms with Crippen molar-refractivity contribution in [1.82, 2.24) is 0 Å². The standard InChI is InChI=1S/C21H24N2O3S2/c1-3-15-6-4-5-7-18(15)22-28(25,26)17-10-11-20-19(12-17)23(13-14(2)27-20)21(24)16-8-9-16/h4-7,10-12,14,16,22H,3,8-9,13H2,1-2H3. The summed E-state index contributed by atoms with van der Waals surface area (Å²) in [6.07, 6.45) is 2.60. The molecule has 4 rings (SSSR count). The number of benzene rings is 2. The number of amides is 1. The number of hydrogen-bond donors (Lipinski definition) is 1. The Balaban J connectivity index is 1.69. The minimum atomic E-state index is -3.74. The summed E-state index contributed by atoms with van der Waals surface area (Å²) in [5.74, 6) is 0.213. The smallest absolute Gasteiger partial charge is 0.261 e. The summed E-state index contributed by atoms with van der Waals surface area (Å²) in [6.45, 7) is 4.70.